The molecule has 3 rings (SSSR count). The van der Waals surface area contributed by atoms with Crippen LogP contribution in [0.25, 0.3) is 5.52 Å². The van der Waals surface area contributed by atoms with Crippen LogP contribution in [0.1, 0.15) is 43.0 Å². The molecule has 2 atom stereocenters. The number of nitrogens with zero attached hydrogens (tertiary/aromatic N) is 2. The number of anilines is 2. The Morgan fingerprint density at radius 3 is 2.86 bits per heavy atom. The van der Waals surface area contributed by atoms with Gasteiger partial charge in [-0.25, -0.2) is 4.52 Å². The lowest BCUT2D eigenvalue weighted by atomic mass is 9.85. The van der Waals surface area contributed by atoms with Crippen LogP contribution in [0.3, 0.4) is 0 Å². The molecule has 6 nitrogen and oxygen atoms in total. The highest BCUT2D eigenvalue weighted by Gasteiger charge is 2.24. The molecule has 0 radical (unpaired) electrons. The van der Waals surface area contributed by atoms with Gasteiger partial charge in [0.15, 0.2) is 0 Å². The zero-order valence-corrected chi connectivity index (χ0v) is 12.2. The van der Waals surface area contributed by atoms with Gasteiger partial charge < -0.3 is 16.8 Å². The Morgan fingerprint density at radius 2 is 2.14 bits per heavy atom. The lowest BCUT2D eigenvalue weighted by Crippen LogP contribution is -2.31. The lowest BCUT2D eigenvalue weighted by molar-refractivity contribution is 0.100. The standard InChI is InChI=1S/C15H21N5O/c1-9-4-2-3-5-11(9)19-14-10(15(17)21)8-18-20-12(14)6-7-13(20)16/h6-9,11,19H,2-5,16H2,1H3,(H2,17,21). The van der Waals surface area contributed by atoms with Crippen LogP contribution < -0.4 is 16.8 Å². The fourth-order valence-electron chi connectivity index (χ4n) is 3.14. The van der Waals surface area contributed by atoms with Gasteiger partial charge in [-0.2, -0.15) is 5.10 Å². The van der Waals surface area contributed by atoms with Crippen molar-refractivity contribution in [1.82, 2.24) is 9.61 Å². The number of rotatable bonds is 3. The number of hydrogen-bond donors (Lipinski definition) is 3. The van der Waals surface area contributed by atoms with E-state index in [2.05, 4.69) is 17.3 Å². The predicted molar refractivity (Wildman–Crippen MR) is 83.2 cm³/mol. The molecule has 1 aliphatic carbocycles. The zero-order chi connectivity index (χ0) is 15.0. The summed E-state index contributed by atoms with van der Waals surface area (Å²) in [6.45, 7) is 2.24. The van der Waals surface area contributed by atoms with E-state index >= 15 is 0 Å². The monoisotopic (exact) mass is 287 g/mol. The summed E-state index contributed by atoms with van der Waals surface area (Å²) in [5, 5.41) is 7.71. The van der Waals surface area contributed by atoms with Crippen molar-refractivity contribution in [2.24, 2.45) is 11.7 Å². The number of carbonyl (C=O) groups is 1. The van der Waals surface area contributed by atoms with E-state index in [1.54, 1.807) is 10.6 Å². The van der Waals surface area contributed by atoms with Crippen LogP contribution in [0.5, 0.6) is 0 Å². The van der Waals surface area contributed by atoms with E-state index < -0.39 is 5.91 Å². The highest BCUT2D eigenvalue weighted by atomic mass is 16.1. The molecule has 21 heavy (non-hydrogen) atoms. The van der Waals surface area contributed by atoms with Crippen molar-refractivity contribution in [1.29, 1.82) is 0 Å². The van der Waals surface area contributed by atoms with Crippen LogP contribution in [0.2, 0.25) is 0 Å². The van der Waals surface area contributed by atoms with Gasteiger partial charge >= 0.3 is 0 Å². The SMILES string of the molecule is CC1CCCCC1Nc1c(C(N)=O)cnn2c(N)ccc12. The first kappa shape index (κ1) is 13.7. The van der Waals surface area contributed by atoms with E-state index in [-0.39, 0.29) is 0 Å². The average Bonchev–Trinajstić information content (AvgIpc) is 2.83. The van der Waals surface area contributed by atoms with Crippen LogP contribution in [0.15, 0.2) is 18.3 Å². The number of amides is 1. The maximum absolute atomic E-state index is 11.7. The maximum Gasteiger partial charge on any atom is 0.252 e. The average molecular weight is 287 g/mol. The van der Waals surface area contributed by atoms with Crippen molar-refractivity contribution in [3.8, 4) is 0 Å². The number of fused-ring (bicyclic) bond motifs is 1. The predicted octanol–water partition coefficient (Wildman–Crippen LogP) is 2.01. The normalized spacial score (nSPS) is 22.3. The summed E-state index contributed by atoms with van der Waals surface area (Å²) in [5.74, 6) is 0.636. The van der Waals surface area contributed by atoms with Crippen molar-refractivity contribution in [2.45, 2.75) is 38.6 Å². The van der Waals surface area contributed by atoms with Gasteiger partial charge in [-0.15, -0.1) is 0 Å². The van der Waals surface area contributed by atoms with E-state index in [0.717, 1.165) is 17.6 Å². The summed E-state index contributed by atoms with van der Waals surface area (Å²) < 4.78 is 1.63. The van der Waals surface area contributed by atoms with Gasteiger partial charge in [0.2, 0.25) is 0 Å². The molecule has 0 aromatic carbocycles. The second-order valence-corrected chi connectivity index (χ2v) is 5.87. The van der Waals surface area contributed by atoms with Gasteiger partial charge in [-0.1, -0.05) is 19.8 Å². The van der Waals surface area contributed by atoms with Crippen molar-refractivity contribution in [3.05, 3.63) is 23.9 Å². The van der Waals surface area contributed by atoms with Gasteiger partial charge in [-0.3, -0.25) is 4.79 Å². The molecule has 6 heteroatoms. The molecular formula is C15H21N5O. The second kappa shape index (κ2) is 5.27. The van der Waals surface area contributed by atoms with E-state index in [9.17, 15) is 4.79 Å². The second-order valence-electron chi connectivity index (χ2n) is 5.87. The van der Waals surface area contributed by atoms with Gasteiger partial charge in [-0.05, 0) is 30.9 Å². The molecule has 5 N–H and O–H groups in total. The van der Waals surface area contributed by atoms with Gasteiger partial charge in [0, 0.05) is 6.04 Å². The first-order valence-corrected chi connectivity index (χ1v) is 7.40. The maximum atomic E-state index is 11.7. The quantitative estimate of drug-likeness (QED) is 0.804. The smallest absolute Gasteiger partial charge is 0.252 e. The minimum Gasteiger partial charge on any atom is -0.384 e. The topological polar surface area (TPSA) is 98.4 Å². The third-order valence-corrected chi connectivity index (χ3v) is 4.42. The van der Waals surface area contributed by atoms with Crippen molar-refractivity contribution in [2.75, 3.05) is 11.1 Å². The number of hydrogen-bond acceptors (Lipinski definition) is 4. The Labute approximate surface area is 123 Å². The summed E-state index contributed by atoms with van der Waals surface area (Å²) in [7, 11) is 0. The summed E-state index contributed by atoms with van der Waals surface area (Å²) in [4.78, 5) is 11.7. The molecule has 0 spiro atoms. The molecule has 112 valence electrons. The summed E-state index contributed by atoms with van der Waals surface area (Å²) in [5.41, 5.74) is 13.3. The molecule has 0 bridgehead atoms. The van der Waals surface area contributed by atoms with Gasteiger partial charge in [0.25, 0.3) is 5.91 Å². The van der Waals surface area contributed by atoms with Crippen LogP contribution in [0, 0.1) is 5.92 Å². The Kier molecular flexibility index (Phi) is 3.45. The molecule has 2 unspecified atom stereocenters. The number of nitrogen functional groups attached to an aromatic ring is 1. The number of nitrogens with two attached hydrogens (primary N) is 2. The third kappa shape index (κ3) is 2.41. The fourth-order valence-corrected chi connectivity index (χ4v) is 3.14. The van der Waals surface area contributed by atoms with E-state index in [0.29, 0.717) is 23.3 Å². The Hall–Kier alpha value is -2.24. The minimum atomic E-state index is -0.476. The molecule has 0 saturated heterocycles. The van der Waals surface area contributed by atoms with Gasteiger partial charge in [0.05, 0.1) is 23.0 Å². The van der Waals surface area contributed by atoms with Crippen LogP contribution >= 0.6 is 0 Å². The van der Waals surface area contributed by atoms with Crippen molar-refractivity contribution >= 4 is 22.9 Å². The number of nitrogens with one attached hydrogen (secondary N) is 1. The zero-order valence-electron chi connectivity index (χ0n) is 12.2. The molecule has 1 fully saturated rings. The molecule has 1 saturated carbocycles. The van der Waals surface area contributed by atoms with Crippen LogP contribution in [-0.2, 0) is 0 Å². The molecule has 2 aromatic heterocycles. The minimum absolute atomic E-state index is 0.346. The number of carbonyl (C=O) groups excluding carboxylic acids is 1. The highest BCUT2D eigenvalue weighted by molar-refractivity contribution is 6.02. The van der Waals surface area contributed by atoms with Crippen molar-refractivity contribution < 1.29 is 4.79 Å². The fraction of sp³-hybridized carbons (Fsp3) is 0.467. The highest BCUT2D eigenvalue weighted by Crippen LogP contribution is 2.30. The molecule has 2 aromatic rings. The summed E-state index contributed by atoms with van der Waals surface area (Å²) >= 11 is 0. The van der Waals surface area contributed by atoms with E-state index in [1.807, 2.05) is 6.07 Å². The van der Waals surface area contributed by atoms with Crippen LogP contribution in [-0.4, -0.2) is 21.6 Å². The van der Waals surface area contributed by atoms with Crippen LogP contribution in [0.4, 0.5) is 11.5 Å². The first-order chi connectivity index (χ1) is 10.1. The Bertz CT molecular complexity index is 678. The van der Waals surface area contributed by atoms with E-state index in [4.69, 9.17) is 11.5 Å². The number of aromatic nitrogens is 2. The van der Waals surface area contributed by atoms with E-state index in [1.165, 1.54) is 25.5 Å². The molecule has 1 amide bonds. The number of primary amides is 1. The largest absolute Gasteiger partial charge is 0.384 e. The molecule has 1 aliphatic rings. The lowest BCUT2D eigenvalue weighted by Gasteiger charge is -2.31. The Balaban J connectivity index is 2.05. The molecule has 2 heterocycles. The Morgan fingerprint density at radius 1 is 1.38 bits per heavy atom. The third-order valence-electron chi connectivity index (χ3n) is 4.42. The molecule has 0 aliphatic heterocycles. The first-order valence-electron chi connectivity index (χ1n) is 7.40. The summed E-state index contributed by atoms with van der Waals surface area (Å²) in [6.07, 6.45) is 6.27. The summed E-state index contributed by atoms with van der Waals surface area (Å²) in [6, 6.07) is 3.99. The van der Waals surface area contributed by atoms with Gasteiger partial charge in [0.1, 0.15) is 5.82 Å². The van der Waals surface area contributed by atoms with Crippen molar-refractivity contribution in [3.63, 3.8) is 0 Å². The molecular weight excluding hydrogens is 266 g/mol.